The van der Waals surface area contributed by atoms with Crippen LogP contribution in [0.1, 0.15) is 30.0 Å². The Balaban J connectivity index is 2.38. The number of ether oxygens (including phenoxy) is 1. The van der Waals surface area contributed by atoms with E-state index in [1.165, 1.54) is 4.90 Å². The first-order valence-electron chi connectivity index (χ1n) is 6.78. The van der Waals surface area contributed by atoms with Crippen LogP contribution < -0.4 is 4.74 Å². The molecule has 1 aromatic carbocycles. The van der Waals surface area contributed by atoms with Crippen molar-refractivity contribution in [1.82, 2.24) is 4.90 Å². The lowest BCUT2D eigenvalue weighted by Gasteiger charge is -2.24. The highest BCUT2D eigenvalue weighted by Crippen LogP contribution is 2.29. The Hall–Kier alpha value is -2.01. The number of likely N-dealkylation sites (N-methyl/N-ethyl adjacent to an activating group) is 1. The second-order valence-corrected chi connectivity index (χ2v) is 5.89. The van der Waals surface area contributed by atoms with Gasteiger partial charge < -0.3 is 19.2 Å². The van der Waals surface area contributed by atoms with E-state index in [1.54, 1.807) is 40.1 Å². The van der Waals surface area contributed by atoms with Crippen LogP contribution in [0, 0.1) is 6.92 Å². The number of nitrogens with zero attached hydrogens (tertiary/aromatic N) is 1. The Morgan fingerprint density at radius 1 is 1.43 bits per heavy atom. The molecule has 1 heterocycles. The number of fused-ring (bicyclic) bond motifs is 1. The minimum absolute atomic E-state index is 0.228. The van der Waals surface area contributed by atoms with E-state index in [4.69, 9.17) is 9.15 Å². The molecule has 5 nitrogen and oxygen atoms in total. The predicted molar refractivity (Wildman–Crippen MR) is 80.8 cm³/mol. The summed E-state index contributed by atoms with van der Waals surface area (Å²) in [6, 6.07) is 5.43. The molecule has 0 atom stereocenters. The number of aryl methyl sites for hydroxylation is 1. The van der Waals surface area contributed by atoms with Crippen molar-refractivity contribution in [1.29, 1.82) is 0 Å². The van der Waals surface area contributed by atoms with Gasteiger partial charge in [0.1, 0.15) is 11.3 Å². The number of benzene rings is 1. The molecular weight excluding hydrogens is 270 g/mol. The Kier molecular flexibility index (Phi) is 3.96. The highest BCUT2D eigenvalue weighted by Gasteiger charge is 2.25. The average molecular weight is 291 g/mol. The molecule has 0 bridgehead atoms. The van der Waals surface area contributed by atoms with Crippen LogP contribution in [0.4, 0.5) is 0 Å². The molecule has 21 heavy (non-hydrogen) atoms. The quantitative estimate of drug-likeness (QED) is 0.940. The molecule has 1 amide bonds. The Bertz CT molecular complexity index is 667. The summed E-state index contributed by atoms with van der Waals surface area (Å²) in [5.74, 6) is 0.769. The molecule has 0 spiro atoms. The van der Waals surface area contributed by atoms with Crippen molar-refractivity contribution in [3.63, 3.8) is 0 Å². The number of rotatable bonds is 4. The molecule has 2 rings (SSSR count). The van der Waals surface area contributed by atoms with Gasteiger partial charge in [-0.1, -0.05) is 0 Å². The zero-order valence-corrected chi connectivity index (χ0v) is 13.1. The van der Waals surface area contributed by atoms with Gasteiger partial charge in [-0.3, -0.25) is 4.79 Å². The van der Waals surface area contributed by atoms with E-state index in [0.29, 0.717) is 11.3 Å². The fourth-order valence-electron chi connectivity index (χ4n) is 2.36. The summed E-state index contributed by atoms with van der Waals surface area (Å²) in [7, 11) is 3.24. The van der Waals surface area contributed by atoms with E-state index in [9.17, 15) is 9.90 Å². The third-order valence-corrected chi connectivity index (χ3v) is 3.31. The van der Waals surface area contributed by atoms with Crippen molar-refractivity contribution < 1.29 is 19.1 Å². The van der Waals surface area contributed by atoms with E-state index < -0.39 is 5.60 Å². The molecule has 1 aromatic heterocycles. The molecule has 2 aromatic rings. The lowest BCUT2D eigenvalue weighted by Crippen LogP contribution is -2.39. The molecule has 114 valence electrons. The molecule has 0 aliphatic rings. The van der Waals surface area contributed by atoms with E-state index in [0.717, 1.165) is 16.7 Å². The topological polar surface area (TPSA) is 62.9 Å². The molecule has 0 aliphatic carbocycles. The van der Waals surface area contributed by atoms with E-state index >= 15 is 0 Å². The van der Waals surface area contributed by atoms with Gasteiger partial charge in [0.15, 0.2) is 5.76 Å². The number of methoxy groups -OCH3 is 1. The van der Waals surface area contributed by atoms with Crippen molar-refractivity contribution in [2.24, 2.45) is 0 Å². The third-order valence-electron chi connectivity index (χ3n) is 3.31. The fraction of sp³-hybridized carbons (Fsp3) is 0.438. The second-order valence-electron chi connectivity index (χ2n) is 5.89. The highest BCUT2D eigenvalue weighted by atomic mass is 16.5. The summed E-state index contributed by atoms with van der Waals surface area (Å²) < 4.78 is 10.9. The SMILES string of the molecule is COc1ccc2oc(C(=O)N(C)CC(C)(C)O)c(C)c2c1. The lowest BCUT2D eigenvalue weighted by atomic mass is 10.1. The number of hydrogen-bond donors (Lipinski definition) is 1. The average Bonchev–Trinajstić information content (AvgIpc) is 2.72. The number of carbonyl (C=O) groups excluding carboxylic acids is 1. The normalized spacial score (nSPS) is 11.7. The molecule has 0 unspecified atom stereocenters. The van der Waals surface area contributed by atoms with Crippen LogP contribution >= 0.6 is 0 Å². The Morgan fingerprint density at radius 2 is 2.10 bits per heavy atom. The zero-order chi connectivity index (χ0) is 15.8. The van der Waals surface area contributed by atoms with Gasteiger partial charge in [-0.05, 0) is 39.0 Å². The van der Waals surface area contributed by atoms with Crippen LogP contribution in [0.3, 0.4) is 0 Å². The Labute approximate surface area is 124 Å². The maximum atomic E-state index is 12.5. The fourth-order valence-corrected chi connectivity index (χ4v) is 2.36. The first-order valence-corrected chi connectivity index (χ1v) is 6.78. The molecular formula is C16H21NO4. The van der Waals surface area contributed by atoms with Crippen LogP contribution in [-0.4, -0.2) is 42.2 Å². The first-order chi connectivity index (χ1) is 9.73. The zero-order valence-electron chi connectivity index (χ0n) is 13.1. The Morgan fingerprint density at radius 3 is 2.67 bits per heavy atom. The molecule has 1 N–H and O–H groups in total. The monoisotopic (exact) mass is 291 g/mol. The smallest absolute Gasteiger partial charge is 0.289 e. The van der Waals surface area contributed by atoms with Crippen LogP contribution in [0.25, 0.3) is 11.0 Å². The summed E-state index contributed by atoms with van der Waals surface area (Å²) in [4.78, 5) is 13.9. The summed E-state index contributed by atoms with van der Waals surface area (Å²) in [5, 5.41) is 10.7. The van der Waals surface area contributed by atoms with Gasteiger partial charge in [0.25, 0.3) is 5.91 Å². The molecule has 5 heteroatoms. The van der Waals surface area contributed by atoms with Crippen molar-refractivity contribution in [2.45, 2.75) is 26.4 Å². The van der Waals surface area contributed by atoms with Crippen molar-refractivity contribution >= 4 is 16.9 Å². The van der Waals surface area contributed by atoms with Crippen LogP contribution in [-0.2, 0) is 0 Å². The van der Waals surface area contributed by atoms with Crippen molar-refractivity contribution in [2.75, 3.05) is 20.7 Å². The standard InChI is InChI=1S/C16H21NO4/c1-10-12-8-11(20-5)6-7-13(12)21-14(10)15(18)17(4)9-16(2,3)19/h6-8,19H,9H2,1-5H3. The van der Waals surface area contributed by atoms with Gasteiger partial charge in [-0.2, -0.15) is 0 Å². The number of furan rings is 1. The predicted octanol–water partition coefficient (Wildman–Crippen LogP) is 2.59. The minimum Gasteiger partial charge on any atom is -0.497 e. The summed E-state index contributed by atoms with van der Waals surface area (Å²) in [6.45, 7) is 5.39. The van der Waals surface area contributed by atoms with Crippen LogP contribution in [0.5, 0.6) is 5.75 Å². The van der Waals surface area contributed by atoms with Gasteiger partial charge >= 0.3 is 0 Å². The number of carbonyl (C=O) groups is 1. The van der Waals surface area contributed by atoms with Crippen molar-refractivity contribution in [3.05, 3.63) is 29.5 Å². The summed E-state index contributed by atoms with van der Waals surface area (Å²) >= 11 is 0. The minimum atomic E-state index is -0.951. The van der Waals surface area contributed by atoms with Crippen molar-refractivity contribution in [3.8, 4) is 5.75 Å². The van der Waals surface area contributed by atoms with Gasteiger partial charge in [-0.15, -0.1) is 0 Å². The third kappa shape index (κ3) is 3.19. The van der Waals surface area contributed by atoms with E-state index in [2.05, 4.69) is 0 Å². The molecule has 0 saturated carbocycles. The van der Waals surface area contributed by atoms with Crippen LogP contribution in [0.15, 0.2) is 22.6 Å². The summed E-state index contributed by atoms with van der Waals surface area (Å²) in [6.07, 6.45) is 0. The van der Waals surface area contributed by atoms with Gasteiger partial charge in [0, 0.05) is 24.5 Å². The lowest BCUT2D eigenvalue weighted by molar-refractivity contribution is 0.0352. The van der Waals surface area contributed by atoms with Gasteiger partial charge in [-0.25, -0.2) is 0 Å². The largest absolute Gasteiger partial charge is 0.497 e. The van der Waals surface area contributed by atoms with Gasteiger partial charge in [0.05, 0.1) is 12.7 Å². The number of aliphatic hydroxyl groups is 1. The number of hydrogen-bond acceptors (Lipinski definition) is 4. The second kappa shape index (κ2) is 5.41. The molecule has 0 fully saturated rings. The van der Waals surface area contributed by atoms with Gasteiger partial charge in [0.2, 0.25) is 0 Å². The molecule has 0 saturated heterocycles. The maximum absolute atomic E-state index is 12.5. The van der Waals surface area contributed by atoms with Crippen LogP contribution in [0.2, 0.25) is 0 Å². The molecule has 0 radical (unpaired) electrons. The maximum Gasteiger partial charge on any atom is 0.289 e. The highest BCUT2D eigenvalue weighted by molar-refractivity contribution is 5.99. The van der Waals surface area contributed by atoms with E-state index in [1.807, 2.05) is 13.0 Å². The number of amides is 1. The first kappa shape index (κ1) is 15.4. The van der Waals surface area contributed by atoms with E-state index in [-0.39, 0.29) is 12.5 Å². The summed E-state index contributed by atoms with van der Waals surface area (Å²) in [5.41, 5.74) is 0.470. The molecule has 0 aliphatic heterocycles.